The van der Waals surface area contributed by atoms with Crippen molar-refractivity contribution in [2.24, 2.45) is 0 Å². The predicted molar refractivity (Wildman–Crippen MR) is 99.4 cm³/mol. The van der Waals surface area contributed by atoms with Gasteiger partial charge in [-0.1, -0.05) is 12.1 Å². The zero-order valence-electron chi connectivity index (χ0n) is 15.4. The second-order valence-corrected chi connectivity index (χ2v) is 6.03. The highest BCUT2D eigenvalue weighted by molar-refractivity contribution is 6.10. The Kier molecular flexibility index (Phi) is 5.08. The highest BCUT2D eigenvalue weighted by atomic mass is 16.5. The molecule has 0 unspecified atom stereocenters. The average Bonchev–Trinajstić information content (AvgIpc) is 2.99. The standard InChI is InChI=1S/C19H17N3O6/c1-10(23)15-11(2)28-17(16(15)19(26)27-3)21-14(24)8-22-9-20-13-7-5-4-6-12(13)18(22)25/h4-7,9H,8H2,1-3H3,(H,21,24). The van der Waals surface area contributed by atoms with Gasteiger partial charge in [-0.2, -0.15) is 0 Å². The van der Waals surface area contributed by atoms with Crippen LogP contribution in [0.15, 0.2) is 39.8 Å². The third-order valence-corrected chi connectivity index (χ3v) is 4.12. The number of rotatable bonds is 5. The minimum Gasteiger partial charge on any atom is -0.465 e. The van der Waals surface area contributed by atoms with Gasteiger partial charge in [-0.15, -0.1) is 0 Å². The van der Waals surface area contributed by atoms with E-state index in [-0.39, 0.29) is 34.9 Å². The van der Waals surface area contributed by atoms with E-state index in [4.69, 9.17) is 4.42 Å². The summed E-state index contributed by atoms with van der Waals surface area (Å²) in [6.45, 7) is 2.42. The number of hydrogen-bond acceptors (Lipinski definition) is 7. The summed E-state index contributed by atoms with van der Waals surface area (Å²) in [7, 11) is 1.15. The first-order valence-corrected chi connectivity index (χ1v) is 8.30. The molecule has 9 nitrogen and oxygen atoms in total. The average molecular weight is 383 g/mol. The number of nitrogens with one attached hydrogen (secondary N) is 1. The molecule has 0 aliphatic carbocycles. The summed E-state index contributed by atoms with van der Waals surface area (Å²) in [6, 6.07) is 6.77. The van der Waals surface area contributed by atoms with Crippen molar-refractivity contribution in [2.75, 3.05) is 12.4 Å². The number of aryl methyl sites for hydroxylation is 1. The lowest BCUT2D eigenvalue weighted by molar-refractivity contribution is -0.116. The zero-order chi connectivity index (χ0) is 20.4. The Morgan fingerprint density at radius 1 is 1.21 bits per heavy atom. The SMILES string of the molecule is COC(=O)c1c(NC(=O)Cn2cnc3ccccc3c2=O)oc(C)c1C(C)=O. The third kappa shape index (κ3) is 3.41. The zero-order valence-corrected chi connectivity index (χ0v) is 15.4. The topological polar surface area (TPSA) is 120 Å². The Hall–Kier alpha value is -3.75. The molecule has 144 valence electrons. The van der Waals surface area contributed by atoms with E-state index in [1.54, 1.807) is 24.3 Å². The van der Waals surface area contributed by atoms with Crippen molar-refractivity contribution in [3.05, 3.63) is 57.8 Å². The van der Waals surface area contributed by atoms with Crippen LogP contribution < -0.4 is 10.9 Å². The molecule has 0 aliphatic heterocycles. The lowest BCUT2D eigenvalue weighted by atomic mass is 10.1. The molecular weight excluding hydrogens is 366 g/mol. The fourth-order valence-corrected chi connectivity index (χ4v) is 2.89. The van der Waals surface area contributed by atoms with Gasteiger partial charge in [-0.05, 0) is 26.0 Å². The summed E-state index contributed by atoms with van der Waals surface area (Å²) in [6.07, 6.45) is 1.26. The monoisotopic (exact) mass is 383 g/mol. The maximum Gasteiger partial charge on any atom is 0.344 e. The van der Waals surface area contributed by atoms with E-state index in [0.29, 0.717) is 10.9 Å². The van der Waals surface area contributed by atoms with Gasteiger partial charge < -0.3 is 9.15 Å². The number of ether oxygens (including phenoxy) is 1. The Balaban J connectivity index is 1.91. The first-order chi connectivity index (χ1) is 13.3. The molecular formula is C19H17N3O6. The quantitative estimate of drug-likeness (QED) is 0.528. The highest BCUT2D eigenvalue weighted by Crippen LogP contribution is 2.28. The van der Waals surface area contributed by atoms with E-state index in [1.807, 2.05) is 0 Å². The minimum absolute atomic E-state index is 0.0340. The third-order valence-electron chi connectivity index (χ3n) is 4.12. The van der Waals surface area contributed by atoms with Gasteiger partial charge in [0.25, 0.3) is 5.56 Å². The van der Waals surface area contributed by atoms with E-state index in [9.17, 15) is 19.2 Å². The number of hydrogen-bond donors (Lipinski definition) is 1. The van der Waals surface area contributed by atoms with Crippen molar-refractivity contribution in [1.29, 1.82) is 0 Å². The molecule has 28 heavy (non-hydrogen) atoms. The van der Waals surface area contributed by atoms with Gasteiger partial charge in [0, 0.05) is 0 Å². The van der Waals surface area contributed by atoms with Crippen molar-refractivity contribution < 1.29 is 23.5 Å². The Labute approximate surface area is 158 Å². The van der Waals surface area contributed by atoms with Crippen LogP contribution in [0, 0.1) is 6.92 Å². The Morgan fingerprint density at radius 2 is 1.93 bits per heavy atom. The van der Waals surface area contributed by atoms with Crippen molar-refractivity contribution in [1.82, 2.24) is 9.55 Å². The highest BCUT2D eigenvalue weighted by Gasteiger charge is 2.28. The van der Waals surface area contributed by atoms with Crippen molar-refractivity contribution >= 4 is 34.4 Å². The molecule has 0 fully saturated rings. The number of furan rings is 1. The number of fused-ring (bicyclic) bond motifs is 1. The molecule has 0 atom stereocenters. The lowest BCUT2D eigenvalue weighted by Gasteiger charge is -2.07. The van der Waals surface area contributed by atoms with E-state index < -0.39 is 17.7 Å². The van der Waals surface area contributed by atoms with E-state index in [2.05, 4.69) is 15.0 Å². The first kappa shape index (κ1) is 19.0. The van der Waals surface area contributed by atoms with Crippen LogP contribution in [-0.4, -0.2) is 34.3 Å². The van der Waals surface area contributed by atoms with Crippen molar-refractivity contribution in [3.63, 3.8) is 0 Å². The molecule has 3 rings (SSSR count). The van der Waals surface area contributed by atoms with Crippen LogP contribution in [0.25, 0.3) is 10.9 Å². The second-order valence-electron chi connectivity index (χ2n) is 6.03. The first-order valence-electron chi connectivity index (χ1n) is 8.30. The molecule has 1 aromatic carbocycles. The molecule has 1 amide bonds. The summed E-state index contributed by atoms with van der Waals surface area (Å²) in [5, 5.41) is 2.80. The van der Waals surface area contributed by atoms with E-state index in [1.165, 1.54) is 20.2 Å². The van der Waals surface area contributed by atoms with Gasteiger partial charge in [0.15, 0.2) is 5.78 Å². The van der Waals surface area contributed by atoms with Gasteiger partial charge in [-0.25, -0.2) is 9.78 Å². The predicted octanol–water partition coefficient (Wildman–Crippen LogP) is 1.93. The number of esters is 1. The fourth-order valence-electron chi connectivity index (χ4n) is 2.89. The van der Waals surface area contributed by atoms with Gasteiger partial charge in [0.05, 0.1) is 29.9 Å². The Bertz CT molecular complexity index is 1160. The number of para-hydroxylation sites is 1. The number of nitrogens with zero attached hydrogens (tertiary/aromatic N) is 2. The van der Waals surface area contributed by atoms with E-state index >= 15 is 0 Å². The number of ketones is 1. The molecule has 0 radical (unpaired) electrons. The summed E-state index contributed by atoms with van der Waals surface area (Å²) >= 11 is 0. The molecule has 0 spiro atoms. The van der Waals surface area contributed by atoms with Gasteiger partial charge in [-0.3, -0.25) is 24.3 Å². The Morgan fingerprint density at radius 3 is 2.61 bits per heavy atom. The molecule has 9 heteroatoms. The molecule has 0 saturated carbocycles. The summed E-state index contributed by atoms with van der Waals surface area (Å²) in [5.74, 6) is -1.89. The molecule has 2 aromatic heterocycles. The number of methoxy groups -OCH3 is 1. The van der Waals surface area contributed by atoms with E-state index in [0.717, 1.165) is 11.7 Å². The van der Waals surface area contributed by atoms with Crippen molar-refractivity contribution in [3.8, 4) is 0 Å². The number of anilines is 1. The molecule has 3 aromatic rings. The maximum absolute atomic E-state index is 12.5. The number of carbonyl (C=O) groups excluding carboxylic acids is 3. The number of amides is 1. The van der Waals surface area contributed by atoms with Crippen molar-refractivity contribution in [2.45, 2.75) is 20.4 Å². The fraction of sp³-hybridized carbons (Fsp3) is 0.211. The number of benzene rings is 1. The number of Topliss-reactive ketones (excluding diaryl/α,β-unsaturated/α-hetero) is 1. The van der Waals surface area contributed by atoms with Gasteiger partial charge in [0.2, 0.25) is 11.8 Å². The second kappa shape index (κ2) is 7.47. The van der Waals surface area contributed by atoms with Crippen LogP contribution in [0.3, 0.4) is 0 Å². The van der Waals surface area contributed by atoms with Crippen LogP contribution >= 0.6 is 0 Å². The van der Waals surface area contributed by atoms with Gasteiger partial charge in [0.1, 0.15) is 17.9 Å². The van der Waals surface area contributed by atoms with Crippen LogP contribution in [0.1, 0.15) is 33.4 Å². The molecule has 0 bridgehead atoms. The van der Waals surface area contributed by atoms with Crippen LogP contribution in [-0.2, 0) is 16.1 Å². The lowest BCUT2D eigenvalue weighted by Crippen LogP contribution is -2.28. The molecule has 1 N–H and O–H groups in total. The minimum atomic E-state index is -0.818. The van der Waals surface area contributed by atoms with Crippen LogP contribution in [0.5, 0.6) is 0 Å². The van der Waals surface area contributed by atoms with Crippen LogP contribution in [0.2, 0.25) is 0 Å². The summed E-state index contributed by atoms with van der Waals surface area (Å²) < 4.78 is 11.2. The smallest absolute Gasteiger partial charge is 0.344 e. The normalized spacial score (nSPS) is 10.7. The largest absolute Gasteiger partial charge is 0.465 e. The molecule has 0 aliphatic rings. The van der Waals surface area contributed by atoms with Crippen LogP contribution in [0.4, 0.5) is 5.88 Å². The van der Waals surface area contributed by atoms with Gasteiger partial charge >= 0.3 is 5.97 Å². The number of carbonyl (C=O) groups is 3. The molecule has 2 heterocycles. The maximum atomic E-state index is 12.5. The summed E-state index contributed by atoms with van der Waals surface area (Å²) in [5.41, 5.74) is 0.00964. The number of aromatic nitrogens is 2. The summed E-state index contributed by atoms with van der Waals surface area (Å²) in [4.78, 5) is 53.0. The molecule has 0 saturated heterocycles.